The molecule has 0 aliphatic heterocycles. The number of pyridine rings is 1. The average molecular weight is 889 g/mol. The molecule has 17 heteroatoms. The Balaban J connectivity index is 1.61. The summed E-state index contributed by atoms with van der Waals surface area (Å²) in [5.41, 5.74) is 3.35. The lowest BCUT2D eigenvalue weighted by Crippen LogP contribution is -2.52. The topological polar surface area (TPSA) is 148 Å². The van der Waals surface area contributed by atoms with E-state index in [0.29, 0.717) is 71.2 Å². The molecule has 14 nitrogen and oxygen atoms in total. The van der Waals surface area contributed by atoms with Crippen LogP contribution in [-0.4, -0.2) is 123 Å². The second-order valence-electron chi connectivity index (χ2n) is 17.5. The number of aliphatic carboxylic acids is 1. The monoisotopic (exact) mass is 887 g/mol. The first kappa shape index (κ1) is 45.1. The van der Waals surface area contributed by atoms with Crippen LogP contribution in [-0.2, 0) is 35.5 Å². The van der Waals surface area contributed by atoms with E-state index in [9.17, 15) is 9.90 Å². The number of methoxy groups -OCH3 is 2. The predicted molar refractivity (Wildman–Crippen MR) is 231 cm³/mol. The lowest BCUT2D eigenvalue weighted by Gasteiger charge is -2.43. The molecule has 1 aliphatic rings. The maximum Gasteiger partial charge on any atom is 0.336 e. The van der Waals surface area contributed by atoms with E-state index in [1.807, 2.05) is 48.4 Å². The molecule has 1 aliphatic carbocycles. The van der Waals surface area contributed by atoms with Crippen molar-refractivity contribution in [2.75, 3.05) is 65.6 Å². The molecule has 314 valence electrons. The van der Waals surface area contributed by atoms with Gasteiger partial charge in [-0.15, -0.1) is 0 Å². The molecular weight excluding hydrogens is 827 g/mol. The third kappa shape index (κ3) is 11.6. The van der Waals surface area contributed by atoms with E-state index < -0.39 is 27.7 Å². The van der Waals surface area contributed by atoms with Gasteiger partial charge in [0.25, 0.3) is 0 Å². The lowest BCUT2D eigenvalue weighted by molar-refractivity contribution is -0.185. The number of nitrogens with zero attached hydrogens (tertiary/aromatic N) is 7. The highest BCUT2D eigenvalue weighted by Gasteiger charge is 2.51. The number of rotatable bonds is 22. The van der Waals surface area contributed by atoms with Crippen molar-refractivity contribution in [2.45, 2.75) is 88.6 Å². The summed E-state index contributed by atoms with van der Waals surface area (Å²) in [7, 11) is 2.43. The first-order valence-electron chi connectivity index (χ1n) is 19.9. The molecule has 1 fully saturated rings. The lowest BCUT2D eigenvalue weighted by atomic mass is 9.68. The van der Waals surface area contributed by atoms with Crippen LogP contribution in [0.2, 0.25) is 51.4 Å². The molecular formula is C40H62BrN7O7Si2. The first-order chi connectivity index (χ1) is 27.1. The summed E-state index contributed by atoms with van der Waals surface area (Å²) in [5, 5.41) is 20.1. The number of halogens is 1. The van der Waals surface area contributed by atoms with E-state index >= 15 is 0 Å². The normalized spacial score (nSPS) is 19.1. The van der Waals surface area contributed by atoms with Crippen molar-refractivity contribution in [1.29, 1.82) is 0 Å². The zero-order chi connectivity index (χ0) is 41.4. The molecule has 4 heterocycles. The molecule has 0 bridgehead atoms. The molecule has 4 aromatic rings. The summed E-state index contributed by atoms with van der Waals surface area (Å²) in [6.07, 6.45) is 7.48. The van der Waals surface area contributed by atoms with Crippen molar-refractivity contribution in [2.24, 2.45) is 13.0 Å². The van der Waals surface area contributed by atoms with Crippen molar-refractivity contribution in [3.05, 3.63) is 47.0 Å². The van der Waals surface area contributed by atoms with Gasteiger partial charge in [0, 0.05) is 92.6 Å². The third-order valence-corrected chi connectivity index (χ3v) is 14.8. The number of fused-ring (bicyclic) bond motifs is 1. The largest absolute Gasteiger partial charge is 0.479 e. The van der Waals surface area contributed by atoms with Crippen LogP contribution in [0.4, 0.5) is 5.82 Å². The second-order valence-corrected chi connectivity index (χ2v) is 29.5. The van der Waals surface area contributed by atoms with Gasteiger partial charge in [0.15, 0.2) is 17.1 Å². The number of aromatic nitrogens is 6. The smallest absolute Gasteiger partial charge is 0.336 e. The highest BCUT2D eigenvalue weighted by molar-refractivity contribution is 9.10. The summed E-state index contributed by atoms with van der Waals surface area (Å²) in [6.45, 7) is 16.8. The van der Waals surface area contributed by atoms with Gasteiger partial charge in [-0.25, -0.2) is 9.78 Å². The molecule has 3 atom stereocenters. The fourth-order valence-corrected chi connectivity index (χ4v) is 9.53. The molecule has 5 rings (SSSR count). The Kier molecular flexibility index (Phi) is 15.7. The number of hydrogen-bond donors (Lipinski definition) is 1. The maximum atomic E-state index is 13.0. The van der Waals surface area contributed by atoms with Crippen molar-refractivity contribution in [3.63, 3.8) is 0 Å². The number of anilines is 1. The molecule has 1 saturated carbocycles. The summed E-state index contributed by atoms with van der Waals surface area (Å²) in [4.78, 5) is 25.3. The minimum absolute atomic E-state index is 0.0987. The van der Waals surface area contributed by atoms with Crippen LogP contribution in [0.15, 0.2) is 41.3 Å². The Morgan fingerprint density at radius 1 is 0.947 bits per heavy atom. The Hall–Kier alpha value is -3.04. The van der Waals surface area contributed by atoms with Gasteiger partial charge in [-0.2, -0.15) is 14.7 Å². The minimum atomic E-state index is -1.36. The second kappa shape index (κ2) is 19.8. The Bertz CT molecular complexity index is 1890. The third-order valence-electron chi connectivity index (χ3n) is 10.6. The van der Waals surface area contributed by atoms with Gasteiger partial charge < -0.3 is 33.7 Å². The molecule has 0 amide bonds. The van der Waals surface area contributed by atoms with Gasteiger partial charge in [-0.05, 0) is 65.8 Å². The SMILES string of the molecule is COCCO[C@]1(C(=O)O)CC[C@@H](c2nc3c(-c4ccc(-c5ccn(C)n5)nc4)cnn3c(N(COCC[Si](C)(C)C)COCC[Si](C)(C)C)c2Br)CC1CCOC. The number of carboxylic acid groups (broad SMARTS) is 1. The van der Waals surface area contributed by atoms with E-state index in [0.717, 1.165) is 50.6 Å². The Morgan fingerprint density at radius 3 is 2.19 bits per heavy atom. The van der Waals surface area contributed by atoms with Crippen LogP contribution in [0.3, 0.4) is 0 Å². The van der Waals surface area contributed by atoms with Crippen LogP contribution in [0.5, 0.6) is 0 Å². The number of hydrogen-bond acceptors (Lipinski definition) is 11. The van der Waals surface area contributed by atoms with Crippen molar-refractivity contribution in [3.8, 4) is 22.5 Å². The Labute approximate surface area is 347 Å². The predicted octanol–water partition coefficient (Wildman–Crippen LogP) is 7.79. The van der Waals surface area contributed by atoms with Crippen LogP contribution >= 0.6 is 15.9 Å². The quantitative estimate of drug-likeness (QED) is 0.0467. The molecule has 0 aromatic carbocycles. The summed E-state index contributed by atoms with van der Waals surface area (Å²) in [5.74, 6) is -0.630. The minimum Gasteiger partial charge on any atom is -0.479 e. The zero-order valence-electron chi connectivity index (χ0n) is 35.2. The molecule has 0 radical (unpaired) electrons. The molecule has 0 spiro atoms. The highest BCUT2D eigenvalue weighted by Crippen LogP contribution is 2.48. The standard InChI is InChI=1S/C40H62BrN7O7Si2/c1-46-16-13-34(45-46)33-11-10-30(25-42-33)32-26-43-48-37(32)44-36(29-12-15-40(39(49)50,55-19-18-52-3)31(24-29)14-17-51-2)35(41)38(48)47(27-53-20-22-56(4,5)6)28-54-21-23-57(7,8)9/h10-11,13,16,25-26,29,31H,12,14-15,17-24,27-28H2,1-9H3,(H,49,50)/t29-,31?,40-/m1/s1. The van der Waals surface area contributed by atoms with E-state index in [1.54, 1.807) is 18.9 Å². The number of ether oxygens (including phenoxy) is 5. The summed E-state index contributed by atoms with van der Waals surface area (Å²) in [6, 6.07) is 7.99. The van der Waals surface area contributed by atoms with Crippen LogP contribution in [0.1, 0.15) is 37.3 Å². The van der Waals surface area contributed by atoms with Gasteiger partial charge in [0.05, 0.1) is 35.3 Å². The van der Waals surface area contributed by atoms with Gasteiger partial charge >= 0.3 is 5.97 Å². The molecule has 1 unspecified atom stereocenters. The Morgan fingerprint density at radius 2 is 1.63 bits per heavy atom. The summed E-state index contributed by atoms with van der Waals surface area (Å²) >= 11 is 4.03. The highest BCUT2D eigenvalue weighted by atomic mass is 79.9. The number of aryl methyl sites for hydroxylation is 1. The van der Waals surface area contributed by atoms with Gasteiger partial charge in [0.1, 0.15) is 19.2 Å². The first-order valence-corrected chi connectivity index (χ1v) is 28.1. The number of carbonyl (C=O) groups is 1. The average Bonchev–Trinajstić information content (AvgIpc) is 3.79. The fraction of sp³-hybridized carbons (Fsp3) is 0.625. The van der Waals surface area contributed by atoms with Crippen LogP contribution in [0, 0.1) is 5.92 Å². The molecule has 4 aromatic heterocycles. The van der Waals surface area contributed by atoms with Crippen LogP contribution < -0.4 is 4.90 Å². The zero-order valence-corrected chi connectivity index (χ0v) is 38.8. The van der Waals surface area contributed by atoms with Gasteiger partial charge in [-0.3, -0.25) is 9.67 Å². The van der Waals surface area contributed by atoms with Crippen molar-refractivity contribution >= 4 is 49.5 Å². The van der Waals surface area contributed by atoms with Gasteiger partial charge in [0.2, 0.25) is 0 Å². The molecule has 0 saturated heterocycles. The van der Waals surface area contributed by atoms with Crippen LogP contribution in [0.25, 0.3) is 28.2 Å². The molecule has 57 heavy (non-hydrogen) atoms. The van der Waals surface area contributed by atoms with E-state index in [2.05, 4.69) is 65.2 Å². The van der Waals surface area contributed by atoms with E-state index in [4.69, 9.17) is 38.8 Å². The molecule has 1 N–H and O–H groups in total. The van der Waals surface area contributed by atoms with E-state index in [1.165, 1.54) is 0 Å². The fourth-order valence-electron chi connectivity index (χ4n) is 7.19. The van der Waals surface area contributed by atoms with E-state index in [-0.39, 0.29) is 18.4 Å². The summed E-state index contributed by atoms with van der Waals surface area (Å²) < 4.78 is 34.2. The van der Waals surface area contributed by atoms with Gasteiger partial charge in [-0.1, -0.05) is 45.3 Å². The number of carboxylic acids is 1. The van der Waals surface area contributed by atoms with Crippen molar-refractivity contribution in [1.82, 2.24) is 29.4 Å². The van der Waals surface area contributed by atoms with Crippen molar-refractivity contribution < 1.29 is 33.6 Å². The maximum absolute atomic E-state index is 13.0.